The summed E-state index contributed by atoms with van der Waals surface area (Å²) in [7, 11) is 0. The third-order valence-corrected chi connectivity index (χ3v) is 4.79. The highest BCUT2D eigenvalue weighted by molar-refractivity contribution is 5.85. The zero-order valence-corrected chi connectivity index (χ0v) is 12.7. The van der Waals surface area contributed by atoms with E-state index in [-0.39, 0.29) is 28.6 Å². The van der Waals surface area contributed by atoms with Crippen molar-refractivity contribution in [2.75, 3.05) is 0 Å². The number of aromatic nitrogens is 1. The van der Waals surface area contributed by atoms with Gasteiger partial charge < -0.3 is 15.7 Å². The largest absolute Gasteiger partial charge is 0.477 e. The van der Waals surface area contributed by atoms with Crippen LogP contribution in [0.15, 0.2) is 18.3 Å². The summed E-state index contributed by atoms with van der Waals surface area (Å²) >= 11 is 0. The zero-order chi connectivity index (χ0) is 15.8. The van der Waals surface area contributed by atoms with E-state index >= 15 is 0 Å². The molecular weight excluding hydrogens is 270 g/mol. The number of urea groups is 1. The smallest absolute Gasteiger partial charge is 0.354 e. The summed E-state index contributed by atoms with van der Waals surface area (Å²) < 4.78 is 0. The summed E-state index contributed by atoms with van der Waals surface area (Å²) in [5.74, 6) is -1.06. The Morgan fingerprint density at radius 3 is 2.29 bits per heavy atom. The van der Waals surface area contributed by atoms with Gasteiger partial charge in [-0.15, -0.1) is 0 Å². The highest BCUT2D eigenvalue weighted by atomic mass is 16.4. The lowest BCUT2D eigenvalue weighted by Gasteiger charge is -2.09. The van der Waals surface area contributed by atoms with Crippen molar-refractivity contribution in [2.45, 2.75) is 40.3 Å². The summed E-state index contributed by atoms with van der Waals surface area (Å²) in [5, 5.41) is 14.5. The van der Waals surface area contributed by atoms with E-state index < -0.39 is 5.97 Å². The molecule has 2 amide bonds. The number of nitrogens with one attached hydrogen (secondary N) is 2. The van der Waals surface area contributed by atoms with Gasteiger partial charge >= 0.3 is 12.0 Å². The molecule has 1 saturated carbocycles. The molecule has 21 heavy (non-hydrogen) atoms. The van der Waals surface area contributed by atoms with Crippen molar-refractivity contribution in [3.05, 3.63) is 29.6 Å². The fourth-order valence-electron chi connectivity index (χ4n) is 2.58. The van der Waals surface area contributed by atoms with Crippen molar-refractivity contribution in [1.29, 1.82) is 0 Å². The number of rotatable bonds is 4. The molecule has 1 heterocycles. The molecule has 2 rings (SSSR count). The molecule has 1 fully saturated rings. The van der Waals surface area contributed by atoms with E-state index in [1.165, 1.54) is 12.3 Å². The first-order chi connectivity index (χ1) is 9.66. The first-order valence-electron chi connectivity index (χ1n) is 6.89. The van der Waals surface area contributed by atoms with Crippen molar-refractivity contribution in [3.63, 3.8) is 0 Å². The van der Waals surface area contributed by atoms with E-state index in [1.807, 2.05) is 0 Å². The molecule has 0 aromatic carbocycles. The Hall–Kier alpha value is -2.11. The molecule has 1 aliphatic carbocycles. The van der Waals surface area contributed by atoms with Crippen molar-refractivity contribution in [2.24, 2.45) is 10.8 Å². The van der Waals surface area contributed by atoms with Gasteiger partial charge in [-0.1, -0.05) is 33.8 Å². The van der Waals surface area contributed by atoms with E-state index in [1.54, 1.807) is 6.07 Å². The number of amides is 2. The topological polar surface area (TPSA) is 91.3 Å². The molecule has 6 nitrogen and oxygen atoms in total. The van der Waals surface area contributed by atoms with E-state index in [0.717, 1.165) is 5.56 Å². The summed E-state index contributed by atoms with van der Waals surface area (Å²) in [5.41, 5.74) is 0.929. The molecule has 1 aromatic heterocycles. The first kappa shape index (κ1) is 15.3. The van der Waals surface area contributed by atoms with Crippen LogP contribution < -0.4 is 10.6 Å². The van der Waals surface area contributed by atoms with Crippen LogP contribution in [-0.2, 0) is 6.54 Å². The summed E-state index contributed by atoms with van der Waals surface area (Å²) in [6.45, 7) is 8.84. The lowest BCUT2D eigenvalue weighted by Crippen LogP contribution is -2.38. The van der Waals surface area contributed by atoms with Gasteiger partial charge in [0.2, 0.25) is 0 Å². The third-order valence-electron chi connectivity index (χ3n) is 4.79. The third kappa shape index (κ3) is 2.84. The van der Waals surface area contributed by atoms with Crippen molar-refractivity contribution in [3.8, 4) is 0 Å². The molecule has 0 radical (unpaired) electrons. The van der Waals surface area contributed by atoms with Gasteiger partial charge in [0, 0.05) is 18.8 Å². The van der Waals surface area contributed by atoms with Crippen molar-refractivity contribution >= 4 is 12.0 Å². The standard InChI is InChI=1S/C15H21N3O3/c1-14(2)12(15(14,3)4)18-13(21)17-8-9-5-6-10(11(19)20)16-7-9/h5-7,12H,8H2,1-4H3,(H,19,20)(H2,17,18,21). The van der Waals surface area contributed by atoms with E-state index in [4.69, 9.17) is 5.11 Å². The van der Waals surface area contributed by atoms with Gasteiger partial charge in [0.25, 0.3) is 0 Å². The molecular formula is C15H21N3O3. The van der Waals surface area contributed by atoms with E-state index in [2.05, 4.69) is 43.3 Å². The normalized spacial score (nSPS) is 18.9. The van der Waals surface area contributed by atoms with Crippen LogP contribution in [-0.4, -0.2) is 28.1 Å². The quantitative estimate of drug-likeness (QED) is 0.791. The maximum Gasteiger partial charge on any atom is 0.354 e. The second-order valence-electron chi connectivity index (χ2n) is 6.56. The maximum absolute atomic E-state index is 11.9. The highest BCUT2D eigenvalue weighted by Crippen LogP contribution is 2.62. The number of aromatic carboxylic acids is 1. The Morgan fingerprint density at radius 2 is 1.86 bits per heavy atom. The van der Waals surface area contributed by atoms with Crippen LogP contribution in [0.3, 0.4) is 0 Å². The van der Waals surface area contributed by atoms with Gasteiger partial charge in [0.05, 0.1) is 0 Å². The van der Waals surface area contributed by atoms with Gasteiger partial charge in [-0.05, 0) is 22.5 Å². The minimum atomic E-state index is -1.06. The Kier molecular flexibility index (Phi) is 3.65. The number of hydrogen-bond donors (Lipinski definition) is 3. The Bertz CT molecular complexity index is 550. The molecule has 0 unspecified atom stereocenters. The van der Waals surface area contributed by atoms with Gasteiger partial charge in [-0.2, -0.15) is 0 Å². The van der Waals surface area contributed by atoms with Crippen LogP contribution >= 0.6 is 0 Å². The fourth-order valence-corrected chi connectivity index (χ4v) is 2.58. The van der Waals surface area contributed by atoms with Gasteiger partial charge in [0.15, 0.2) is 0 Å². The van der Waals surface area contributed by atoms with E-state index in [0.29, 0.717) is 6.54 Å². The lowest BCUT2D eigenvalue weighted by molar-refractivity contribution is 0.0690. The van der Waals surface area contributed by atoms with Crippen molar-refractivity contribution < 1.29 is 14.7 Å². The number of hydrogen-bond acceptors (Lipinski definition) is 3. The number of carbonyl (C=O) groups is 2. The minimum absolute atomic E-state index is 0.00955. The zero-order valence-electron chi connectivity index (χ0n) is 12.7. The number of carboxylic acids is 1. The number of nitrogens with zero attached hydrogens (tertiary/aromatic N) is 1. The fraction of sp³-hybridized carbons (Fsp3) is 0.533. The molecule has 114 valence electrons. The van der Waals surface area contributed by atoms with Crippen LogP contribution in [0.1, 0.15) is 43.7 Å². The molecule has 0 atom stereocenters. The molecule has 3 N–H and O–H groups in total. The highest BCUT2D eigenvalue weighted by Gasteiger charge is 2.65. The van der Waals surface area contributed by atoms with Gasteiger partial charge in [0.1, 0.15) is 5.69 Å². The SMILES string of the molecule is CC1(C)C(NC(=O)NCc2ccc(C(=O)O)nc2)C1(C)C. The molecule has 0 aliphatic heterocycles. The van der Waals surface area contributed by atoms with Crippen LogP contribution in [0.4, 0.5) is 4.79 Å². The predicted octanol–water partition coefficient (Wildman–Crippen LogP) is 2.01. The molecule has 0 spiro atoms. The van der Waals surface area contributed by atoms with E-state index in [9.17, 15) is 9.59 Å². The van der Waals surface area contributed by atoms with Crippen LogP contribution in [0, 0.1) is 10.8 Å². The lowest BCUT2D eigenvalue weighted by atomic mass is 10.0. The van der Waals surface area contributed by atoms with Crippen LogP contribution in [0.5, 0.6) is 0 Å². The van der Waals surface area contributed by atoms with Gasteiger partial charge in [-0.3, -0.25) is 0 Å². The molecule has 1 aliphatic rings. The van der Waals surface area contributed by atoms with Crippen LogP contribution in [0.25, 0.3) is 0 Å². The molecule has 0 bridgehead atoms. The Morgan fingerprint density at radius 1 is 1.24 bits per heavy atom. The van der Waals surface area contributed by atoms with Crippen molar-refractivity contribution in [1.82, 2.24) is 15.6 Å². The first-order valence-corrected chi connectivity index (χ1v) is 6.89. The maximum atomic E-state index is 11.9. The summed E-state index contributed by atoms with van der Waals surface area (Å²) in [6.07, 6.45) is 1.45. The predicted molar refractivity (Wildman–Crippen MR) is 77.9 cm³/mol. The minimum Gasteiger partial charge on any atom is -0.477 e. The second-order valence-corrected chi connectivity index (χ2v) is 6.56. The van der Waals surface area contributed by atoms with Crippen LogP contribution in [0.2, 0.25) is 0 Å². The average molecular weight is 291 g/mol. The summed E-state index contributed by atoms with van der Waals surface area (Å²) in [4.78, 5) is 26.4. The Labute approximate surface area is 124 Å². The summed E-state index contributed by atoms with van der Waals surface area (Å²) in [6, 6.07) is 2.99. The monoisotopic (exact) mass is 291 g/mol. The number of carbonyl (C=O) groups excluding carboxylic acids is 1. The molecule has 1 aromatic rings. The molecule has 0 saturated heterocycles. The second kappa shape index (κ2) is 5.02. The average Bonchev–Trinajstić information content (AvgIpc) is 2.79. The molecule has 6 heteroatoms. The Balaban J connectivity index is 1.84. The van der Waals surface area contributed by atoms with Gasteiger partial charge in [-0.25, -0.2) is 14.6 Å². The number of carboxylic acid groups (broad SMARTS) is 1. The number of pyridine rings is 1.